The fraction of sp³-hybridized carbons (Fsp3) is 0.158. The number of amides is 2. The standard InChI is InChI=1S/C19H17ClN4O/c1-12-5-7-13(8-6-12)23-19(25)22-10-17-18-14(3-2-4-15(18)20)16-9-21-11-24(16)17/h2-9,11,17H,10H2,1H3,(H2,22,23,25). The number of nitrogens with one attached hydrogen (secondary N) is 2. The van der Waals surface area contributed by atoms with Gasteiger partial charge in [-0.2, -0.15) is 0 Å². The number of carbonyl (C=O) groups is 1. The lowest BCUT2D eigenvalue weighted by Gasteiger charge is -2.17. The summed E-state index contributed by atoms with van der Waals surface area (Å²) in [4.78, 5) is 16.4. The third-order valence-corrected chi connectivity index (χ3v) is 4.76. The topological polar surface area (TPSA) is 59.0 Å². The Kier molecular flexibility index (Phi) is 3.93. The quantitative estimate of drug-likeness (QED) is 0.740. The third-order valence-electron chi connectivity index (χ3n) is 4.43. The fourth-order valence-electron chi connectivity index (χ4n) is 3.20. The number of imidazole rings is 1. The number of aryl methyl sites for hydroxylation is 1. The van der Waals surface area contributed by atoms with Crippen LogP contribution in [0.25, 0.3) is 11.3 Å². The van der Waals surface area contributed by atoms with E-state index in [0.29, 0.717) is 11.6 Å². The van der Waals surface area contributed by atoms with Crippen molar-refractivity contribution in [1.82, 2.24) is 14.9 Å². The molecule has 2 heterocycles. The van der Waals surface area contributed by atoms with Crippen LogP contribution in [-0.2, 0) is 0 Å². The maximum absolute atomic E-state index is 12.2. The van der Waals surface area contributed by atoms with Crippen molar-refractivity contribution in [2.45, 2.75) is 13.0 Å². The first-order valence-corrected chi connectivity index (χ1v) is 8.43. The lowest BCUT2D eigenvalue weighted by Crippen LogP contribution is -2.33. The van der Waals surface area contributed by atoms with Gasteiger partial charge >= 0.3 is 6.03 Å². The van der Waals surface area contributed by atoms with Gasteiger partial charge in [0.15, 0.2) is 0 Å². The number of fused-ring (bicyclic) bond motifs is 3. The number of benzene rings is 2. The SMILES string of the molecule is Cc1ccc(NC(=O)NCC2c3c(Cl)cccc3-c3cncn32)cc1. The smallest absolute Gasteiger partial charge is 0.319 e. The summed E-state index contributed by atoms with van der Waals surface area (Å²) in [5, 5.41) is 6.47. The maximum atomic E-state index is 12.2. The summed E-state index contributed by atoms with van der Waals surface area (Å²) in [5.41, 5.74) is 5.02. The van der Waals surface area contributed by atoms with Crippen LogP contribution in [0.3, 0.4) is 0 Å². The van der Waals surface area contributed by atoms with Gasteiger partial charge in [-0.05, 0) is 25.1 Å². The van der Waals surface area contributed by atoms with E-state index in [-0.39, 0.29) is 12.1 Å². The molecule has 0 saturated heterocycles. The zero-order chi connectivity index (χ0) is 17.4. The minimum atomic E-state index is -0.244. The van der Waals surface area contributed by atoms with Crippen molar-refractivity contribution in [2.75, 3.05) is 11.9 Å². The van der Waals surface area contributed by atoms with Gasteiger partial charge in [0.05, 0.1) is 24.3 Å². The van der Waals surface area contributed by atoms with E-state index < -0.39 is 0 Å². The molecule has 25 heavy (non-hydrogen) atoms. The number of aromatic nitrogens is 2. The summed E-state index contributed by atoms with van der Waals surface area (Å²) in [5.74, 6) is 0. The van der Waals surface area contributed by atoms with E-state index in [1.807, 2.05) is 60.2 Å². The van der Waals surface area contributed by atoms with Gasteiger partial charge in [0, 0.05) is 28.4 Å². The summed E-state index contributed by atoms with van der Waals surface area (Å²) in [6.45, 7) is 2.44. The molecule has 6 heteroatoms. The summed E-state index contributed by atoms with van der Waals surface area (Å²) in [7, 11) is 0. The van der Waals surface area contributed by atoms with E-state index in [2.05, 4.69) is 15.6 Å². The number of carbonyl (C=O) groups excluding carboxylic acids is 1. The fourth-order valence-corrected chi connectivity index (χ4v) is 3.50. The zero-order valence-electron chi connectivity index (χ0n) is 13.7. The highest BCUT2D eigenvalue weighted by atomic mass is 35.5. The molecule has 5 nitrogen and oxygen atoms in total. The van der Waals surface area contributed by atoms with Gasteiger partial charge in [0.2, 0.25) is 0 Å². The van der Waals surface area contributed by atoms with Gasteiger partial charge in [-0.15, -0.1) is 0 Å². The number of halogens is 1. The molecule has 1 unspecified atom stereocenters. The normalized spacial score (nSPS) is 14.7. The maximum Gasteiger partial charge on any atom is 0.319 e. The first kappa shape index (κ1) is 15.7. The van der Waals surface area contributed by atoms with Crippen LogP contribution in [0.5, 0.6) is 0 Å². The van der Waals surface area contributed by atoms with E-state index in [1.165, 1.54) is 0 Å². The highest BCUT2D eigenvalue weighted by Gasteiger charge is 2.30. The number of hydrogen-bond donors (Lipinski definition) is 2. The molecule has 0 radical (unpaired) electrons. The number of rotatable bonds is 3. The van der Waals surface area contributed by atoms with Gasteiger partial charge in [-0.25, -0.2) is 9.78 Å². The van der Waals surface area contributed by atoms with Crippen molar-refractivity contribution in [2.24, 2.45) is 0 Å². The predicted molar refractivity (Wildman–Crippen MR) is 99.0 cm³/mol. The Balaban J connectivity index is 1.50. The van der Waals surface area contributed by atoms with Crippen LogP contribution in [0, 0.1) is 6.92 Å². The van der Waals surface area contributed by atoms with Crippen LogP contribution >= 0.6 is 11.6 Å². The summed E-state index contributed by atoms with van der Waals surface area (Å²) in [6.07, 6.45) is 3.59. The van der Waals surface area contributed by atoms with Crippen LogP contribution in [0.15, 0.2) is 55.0 Å². The molecule has 3 aromatic rings. The van der Waals surface area contributed by atoms with Crippen LogP contribution in [-0.4, -0.2) is 22.1 Å². The Labute approximate surface area is 150 Å². The number of urea groups is 1. The van der Waals surface area contributed by atoms with Gasteiger partial charge in [-0.1, -0.05) is 41.4 Å². The Morgan fingerprint density at radius 3 is 2.84 bits per heavy atom. The number of nitrogens with zero attached hydrogens (tertiary/aromatic N) is 2. The second-order valence-electron chi connectivity index (χ2n) is 6.10. The molecule has 0 bridgehead atoms. The predicted octanol–water partition coefficient (Wildman–Crippen LogP) is 4.24. The average Bonchev–Trinajstić information content (AvgIpc) is 3.17. The summed E-state index contributed by atoms with van der Waals surface area (Å²) >= 11 is 6.41. The lowest BCUT2D eigenvalue weighted by atomic mass is 10.0. The molecule has 126 valence electrons. The molecule has 1 aliphatic rings. The Hall–Kier alpha value is -2.79. The van der Waals surface area contributed by atoms with Crippen molar-refractivity contribution in [3.05, 3.63) is 71.1 Å². The van der Waals surface area contributed by atoms with E-state index in [9.17, 15) is 4.79 Å². The van der Waals surface area contributed by atoms with Gasteiger partial charge in [0.1, 0.15) is 0 Å². The van der Waals surface area contributed by atoms with Gasteiger partial charge in [0.25, 0.3) is 0 Å². The van der Waals surface area contributed by atoms with Crippen molar-refractivity contribution < 1.29 is 4.79 Å². The molecule has 0 aliphatic carbocycles. The minimum Gasteiger partial charge on any atom is -0.335 e. The van der Waals surface area contributed by atoms with Crippen molar-refractivity contribution in [3.63, 3.8) is 0 Å². The molecule has 1 atom stereocenters. The van der Waals surface area contributed by atoms with Crippen LogP contribution in [0.4, 0.5) is 10.5 Å². The minimum absolute atomic E-state index is 0.0648. The Morgan fingerprint density at radius 2 is 2.04 bits per heavy atom. The molecule has 0 saturated carbocycles. The molecular formula is C19H17ClN4O. The van der Waals surface area contributed by atoms with Crippen LogP contribution < -0.4 is 10.6 Å². The molecule has 2 amide bonds. The highest BCUT2D eigenvalue weighted by molar-refractivity contribution is 6.32. The average molecular weight is 353 g/mol. The molecule has 1 aromatic heterocycles. The van der Waals surface area contributed by atoms with E-state index >= 15 is 0 Å². The first-order chi connectivity index (χ1) is 12.1. The molecule has 0 fully saturated rings. The monoisotopic (exact) mass is 352 g/mol. The summed E-state index contributed by atoms with van der Waals surface area (Å²) < 4.78 is 2.04. The van der Waals surface area contributed by atoms with Crippen molar-refractivity contribution >= 4 is 23.3 Å². The van der Waals surface area contributed by atoms with E-state index in [0.717, 1.165) is 28.1 Å². The molecule has 1 aliphatic heterocycles. The van der Waals surface area contributed by atoms with Gasteiger partial charge in [-0.3, -0.25) is 0 Å². The third kappa shape index (κ3) is 2.87. The lowest BCUT2D eigenvalue weighted by molar-refractivity contribution is 0.251. The van der Waals surface area contributed by atoms with E-state index in [4.69, 9.17) is 11.6 Å². The van der Waals surface area contributed by atoms with Crippen molar-refractivity contribution in [3.8, 4) is 11.3 Å². The second kappa shape index (κ2) is 6.26. The van der Waals surface area contributed by atoms with Crippen molar-refractivity contribution in [1.29, 1.82) is 0 Å². The first-order valence-electron chi connectivity index (χ1n) is 8.05. The Morgan fingerprint density at radius 1 is 1.24 bits per heavy atom. The van der Waals surface area contributed by atoms with E-state index in [1.54, 1.807) is 6.33 Å². The molecule has 2 aromatic carbocycles. The second-order valence-corrected chi connectivity index (χ2v) is 6.51. The zero-order valence-corrected chi connectivity index (χ0v) is 14.4. The Bertz CT molecular complexity index is 933. The molecule has 2 N–H and O–H groups in total. The molecule has 4 rings (SSSR count). The van der Waals surface area contributed by atoms with Crippen LogP contribution in [0.2, 0.25) is 5.02 Å². The van der Waals surface area contributed by atoms with Crippen LogP contribution in [0.1, 0.15) is 17.2 Å². The molecule has 0 spiro atoms. The number of anilines is 1. The largest absolute Gasteiger partial charge is 0.335 e. The number of hydrogen-bond acceptors (Lipinski definition) is 2. The highest BCUT2D eigenvalue weighted by Crippen LogP contribution is 2.42. The summed E-state index contributed by atoms with van der Waals surface area (Å²) in [6, 6.07) is 13.2. The molecular weight excluding hydrogens is 336 g/mol. The van der Waals surface area contributed by atoms with Gasteiger partial charge < -0.3 is 15.2 Å².